The van der Waals surface area contributed by atoms with Gasteiger partial charge in [0.25, 0.3) is 0 Å². The van der Waals surface area contributed by atoms with Gasteiger partial charge in [-0.1, -0.05) is 19.9 Å². The van der Waals surface area contributed by atoms with E-state index in [-0.39, 0.29) is 0 Å². The van der Waals surface area contributed by atoms with Crippen molar-refractivity contribution in [3.63, 3.8) is 0 Å². The number of carbonyl (C=O) groups excluding carboxylic acids is 1. The van der Waals surface area contributed by atoms with Crippen LogP contribution in [0.15, 0.2) is 17.1 Å². The van der Waals surface area contributed by atoms with E-state index in [2.05, 4.69) is 24.2 Å². The molecule has 0 aromatic heterocycles. The largest absolute Gasteiger partial charge is 0.340 e. The summed E-state index contributed by atoms with van der Waals surface area (Å²) in [6.45, 7) is 4.54. The van der Waals surface area contributed by atoms with Crippen LogP contribution in [0.25, 0.3) is 0 Å². The molecule has 0 heterocycles. The summed E-state index contributed by atoms with van der Waals surface area (Å²) < 4.78 is 0. The fourth-order valence-electron chi connectivity index (χ4n) is 0.475. The van der Waals surface area contributed by atoms with E-state index in [1.54, 1.807) is 6.21 Å². The Bertz CT molecular complexity index is 150. The normalized spacial score (nSPS) is 11.5. The summed E-state index contributed by atoms with van der Waals surface area (Å²) >= 11 is 0. The van der Waals surface area contributed by atoms with Gasteiger partial charge in [-0.05, 0) is 12.0 Å². The standard InChI is InChI=1S/C8H14N2O/c1-8(2)4-3-5-9-6-10-7-11/h3-5,7-8H,6H2,1-2H3,(H,10,11)/b4-3-,9-5-. The first kappa shape index (κ1) is 9.88. The van der Waals surface area contributed by atoms with E-state index in [9.17, 15) is 4.79 Å². The summed E-state index contributed by atoms with van der Waals surface area (Å²) in [7, 11) is 0. The summed E-state index contributed by atoms with van der Waals surface area (Å²) in [5, 5.41) is 2.42. The second-order valence-electron chi connectivity index (χ2n) is 2.44. The van der Waals surface area contributed by atoms with Crippen molar-refractivity contribution in [2.45, 2.75) is 13.8 Å². The third kappa shape index (κ3) is 8.88. The van der Waals surface area contributed by atoms with Crippen molar-refractivity contribution in [3.8, 4) is 0 Å². The maximum Gasteiger partial charge on any atom is 0.208 e. The van der Waals surface area contributed by atoms with Crippen molar-refractivity contribution >= 4 is 12.6 Å². The first-order chi connectivity index (χ1) is 5.27. The second-order valence-corrected chi connectivity index (χ2v) is 2.44. The second kappa shape index (κ2) is 6.99. The Kier molecular flexibility index (Phi) is 6.28. The maximum atomic E-state index is 9.74. The third-order valence-electron chi connectivity index (χ3n) is 0.953. The molecule has 3 nitrogen and oxygen atoms in total. The summed E-state index contributed by atoms with van der Waals surface area (Å²) in [5.41, 5.74) is 0. The molecule has 0 fully saturated rings. The molecule has 0 bridgehead atoms. The van der Waals surface area contributed by atoms with E-state index in [4.69, 9.17) is 0 Å². The van der Waals surface area contributed by atoms with Gasteiger partial charge in [-0.3, -0.25) is 9.79 Å². The van der Waals surface area contributed by atoms with Crippen LogP contribution in [0.1, 0.15) is 13.8 Å². The smallest absolute Gasteiger partial charge is 0.208 e. The molecule has 0 spiro atoms. The SMILES string of the molecule is CC(C)/C=C\C=N/CNC=O. The molecular weight excluding hydrogens is 140 g/mol. The van der Waals surface area contributed by atoms with Gasteiger partial charge in [0, 0.05) is 6.21 Å². The van der Waals surface area contributed by atoms with Crippen LogP contribution >= 0.6 is 0 Å². The lowest BCUT2D eigenvalue weighted by molar-refractivity contribution is -0.109. The zero-order chi connectivity index (χ0) is 8.53. The Balaban J connectivity index is 3.35. The van der Waals surface area contributed by atoms with E-state index in [0.29, 0.717) is 19.0 Å². The number of hydrogen-bond acceptors (Lipinski definition) is 2. The van der Waals surface area contributed by atoms with Crippen LogP contribution in [-0.2, 0) is 4.79 Å². The van der Waals surface area contributed by atoms with Crippen molar-refractivity contribution in [3.05, 3.63) is 12.2 Å². The first-order valence-corrected chi connectivity index (χ1v) is 3.61. The lowest BCUT2D eigenvalue weighted by Crippen LogP contribution is -2.09. The minimum atomic E-state index is 0.353. The lowest BCUT2D eigenvalue weighted by Gasteiger charge is -1.89. The third-order valence-corrected chi connectivity index (χ3v) is 0.953. The number of hydrogen-bond donors (Lipinski definition) is 1. The van der Waals surface area contributed by atoms with Gasteiger partial charge in [-0.25, -0.2) is 0 Å². The number of nitrogens with zero attached hydrogens (tertiary/aromatic N) is 1. The van der Waals surface area contributed by atoms with Crippen molar-refractivity contribution < 1.29 is 4.79 Å². The number of nitrogens with one attached hydrogen (secondary N) is 1. The number of aliphatic imine (C=N–C) groups is 1. The van der Waals surface area contributed by atoms with E-state index in [1.165, 1.54) is 0 Å². The zero-order valence-electron chi connectivity index (χ0n) is 6.95. The molecule has 0 atom stereocenters. The maximum absolute atomic E-state index is 9.74. The number of carbonyl (C=O) groups is 1. The highest BCUT2D eigenvalue weighted by atomic mass is 16.1. The van der Waals surface area contributed by atoms with E-state index < -0.39 is 0 Å². The molecule has 11 heavy (non-hydrogen) atoms. The zero-order valence-corrected chi connectivity index (χ0v) is 6.95. The Morgan fingerprint density at radius 1 is 1.55 bits per heavy atom. The van der Waals surface area contributed by atoms with Gasteiger partial charge in [0.15, 0.2) is 0 Å². The topological polar surface area (TPSA) is 41.5 Å². The highest BCUT2D eigenvalue weighted by molar-refractivity contribution is 5.71. The highest BCUT2D eigenvalue weighted by Crippen LogP contribution is 1.90. The summed E-state index contributed by atoms with van der Waals surface area (Å²) in [4.78, 5) is 13.6. The van der Waals surface area contributed by atoms with Gasteiger partial charge in [0.2, 0.25) is 6.41 Å². The summed E-state index contributed by atoms with van der Waals surface area (Å²) in [6, 6.07) is 0. The predicted molar refractivity (Wildman–Crippen MR) is 46.5 cm³/mol. The van der Waals surface area contributed by atoms with Gasteiger partial charge < -0.3 is 5.32 Å². The quantitative estimate of drug-likeness (QED) is 0.358. The minimum Gasteiger partial charge on any atom is -0.340 e. The monoisotopic (exact) mass is 154 g/mol. The van der Waals surface area contributed by atoms with Gasteiger partial charge in [0.1, 0.15) is 6.67 Å². The molecule has 62 valence electrons. The van der Waals surface area contributed by atoms with Crippen molar-refractivity contribution in [2.24, 2.45) is 10.9 Å². The van der Waals surface area contributed by atoms with Gasteiger partial charge in [-0.15, -0.1) is 0 Å². The Morgan fingerprint density at radius 3 is 2.82 bits per heavy atom. The molecular formula is C8H14N2O. The van der Waals surface area contributed by atoms with Gasteiger partial charge in [-0.2, -0.15) is 0 Å². The first-order valence-electron chi connectivity index (χ1n) is 3.61. The highest BCUT2D eigenvalue weighted by Gasteiger charge is 1.79. The number of amides is 1. The average molecular weight is 154 g/mol. The van der Waals surface area contributed by atoms with Crippen LogP contribution in [0.5, 0.6) is 0 Å². The van der Waals surface area contributed by atoms with Crippen LogP contribution in [-0.4, -0.2) is 19.3 Å². The number of allylic oxidation sites excluding steroid dienone is 2. The fraction of sp³-hybridized carbons (Fsp3) is 0.500. The predicted octanol–water partition coefficient (Wildman–Crippen LogP) is 0.973. The Hall–Kier alpha value is -1.12. The molecule has 1 amide bonds. The fourth-order valence-corrected chi connectivity index (χ4v) is 0.475. The molecule has 0 saturated carbocycles. The average Bonchev–Trinajstić information content (AvgIpc) is 1.96. The molecule has 0 radical (unpaired) electrons. The summed E-state index contributed by atoms with van der Waals surface area (Å²) in [5.74, 6) is 0.542. The van der Waals surface area contributed by atoms with Crippen LogP contribution in [0.2, 0.25) is 0 Å². The molecule has 0 aliphatic carbocycles. The Morgan fingerprint density at radius 2 is 2.27 bits per heavy atom. The van der Waals surface area contributed by atoms with Gasteiger partial charge in [0.05, 0.1) is 0 Å². The molecule has 0 rings (SSSR count). The van der Waals surface area contributed by atoms with Crippen LogP contribution < -0.4 is 5.32 Å². The van der Waals surface area contributed by atoms with Crippen molar-refractivity contribution in [1.29, 1.82) is 0 Å². The molecule has 0 saturated heterocycles. The van der Waals surface area contributed by atoms with E-state index >= 15 is 0 Å². The molecule has 0 aromatic rings. The van der Waals surface area contributed by atoms with Crippen LogP contribution in [0.3, 0.4) is 0 Å². The van der Waals surface area contributed by atoms with Crippen molar-refractivity contribution in [2.75, 3.05) is 6.67 Å². The molecule has 1 N–H and O–H groups in total. The molecule has 0 unspecified atom stereocenters. The van der Waals surface area contributed by atoms with Crippen molar-refractivity contribution in [1.82, 2.24) is 5.32 Å². The molecule has 0 aliphatic rings. The minimum absolute atomic E-state index is 0.353. The van der Waals surface area contributed by atoms with Gasteiger partial charge >= 0.3 is 0 Å². The molecule has 0 aliphatic heterocycles. The summed E-state index contributed by atoms with van der Waals surface area (Å²) in [6.07, 6.45) is 6.21. The molecule has 0 aromatic carbocycles. The van der Waals surface area contributed by atoms with E-state index in [0.717, 1.165) is 0 Å². The molecule has 3 heteroatoms. The van der Waals surface area contributed by atoms with E-state index in [1.807, 2.05) is 12.2 Å². The van der Waals surface area contributed by atoms with Crippen LogP contribution in [0.4, 0.5) is 0 Å². The Labute approximate surface area is 67.2 Å². The number of rotatable bonds is 5. The lowest BCUT2D eigenvalue weighted by atomic mass is 10.2. The van der Waals surface area contributed by atoms with Crippen LogP contribution in [0, 0.1) is 5.92 Å².